The van der Waals surface area contributed by atoms with Crippen molar-refractivity contribution in [1.82, 2.24) is 5.32 Å². The Morgan fingerprint density at radius 2 is 2.06 bits per heavy atom. The number of carbonyl (C=O) groups excluding carboxylic acids is 1. The van der Waals surface area contributed by atoms with Gasteiger partial charge in [0.15, 0.2) is 0 Å². The van der Waals surface area contributed by atoms with Crippen LogP contribution in [0.1, 0.15) is 18.4 Å². The summed E-state index contributed by atoms with van der Waals surface area (Å²) in [7, 11) is 0. The van der Waals surface area contributed by atoms with Gasteiger partial charge >= 0.3 is 5.97 Å². The van der Waals surface area contributed by atoms with Crippen molar-refractivity contribution in [3.8, 4) is 0 Å². The third kappa shape index (κ3) is 3.30. The molecule has 0 radical (unpaired) electrons. The summed E-state index contributed by atoms with van der Waals surface area (Å²) in [4.78, 5) is 22.3. The molecule has 0 aliphatic carbocycles. The van der Waals surface area contributed by atoms with Crippen LogP contribution < -0.4 is 10.6 Å². The highest BCUT2D eigenvalue weighted by atomic mass is 16.4. The van der Waals surface area contributed by atoms with Gasteiger partial charge in [0.25, 0.3) is 0 Å². The molecule has 1 aromatic rings. The van der Waals surface area contributed by atoms with Gasteiger partial charge in [-0.3, -0.25) is 9.59 Å². The summed E-state index contributed by atoms with van der Waals surface area (Å²) in [5, 5.41) is 14.6. The summed E-state index contributed by atoms with van der Waals surface area (Å²) in [6.45, 7) is 0.885. The van der Waals surface area contributed by atoms with Gasteiger partial charge in [-0.05, 0) is 37.1 Å². The topological polar surface area (TPSA) is 78.4 Å². The van der Waals surface area contributed by atoms with E-state index >= 15 is 0 Å². The fourth-order valence-electron chi connectivity index (χ4n) is 2.02. The number of nitrogens with one attached hydrogen (secondary N) is 2. The number of amides is 1. The lowest BCUT2D eigenvalue weighted by Gasteiger charge is -2.11. The molecule has 1 heterocycles. The first-order valence-electron chi connectivity index (χ1n) is 6.00. The monoisotopic (exact) mass is 248 g/mol. The van der Waals surface area contributed by atoms with Crippen LogP contribution in [0.3, 0.4) is 0 Å². The molecule has 3 N–H and O–H groups in total. The Balaban J connectivity index is 1.93. The molecule has 5 nitrogen and oxygen atoms in total. The van der Waals surface area contributed by atoms with Gasteiger partial charge in [-0.1, -0.05) is 12.1 Å². The minimum Gasteiger partial charge on any atom is -0.481 e. The molecule has 96 valence electrons. The Morgan fingerprint density at radius 1 is 1.33 bits per heavy atom. The van der Waals surface area contributed by atoms with Crippen LogP contribution >= 0.6 is 0 Å². The van der Waals surface area contributed by atoms with Gasteiger partial charge < -0.3 is 15.7 Å². The van der Waals surface area contributed by atoms with E-state index < -0.39 is 5.97 Å². The smallest absolute Gasteiger partial charge is 0.307 e. The SMILES string of the molecule is O=C(O)Cc1ccc(NC(=O)[C@@H]2CCCN2)cc1. The van der Waals surface area contributed by atoms with Gasteiger partial charge in [0.1, 0.15) is 0 Å². The summed E-state index contributed by atoms with van der Waals surface area (Å²) in [6.07, 6.45) is 1.89. The van der Waals surface area contributed by atoms with Gasteiger partial charge in [-0.15, -0.1) is 0 Å². The molecule has 1 fully saturated rings. The van der Waals surface area contributed by atoms with E-state index in [0.29, 0.717) is 5.69 Å². The molecule has 1 atom stereocenters. The molecule has 0 unspecified atom stereocenters. The number of benzene rings is 1. The lowest BCUT2D eigenvalue weighted by molar-refractivity contribution is -0.136. The molecule has 1 amide bonds. The van der Waals surface area contributed by atoms with Crippen molar-refractivity contribution in [3.63, 3.8) is 0 Å². The van der Waals surface area contributed by atoms with E-state index in [9.17, 15) is 9.59 Å². The van der Waals surface area contributed by atoms with Gasteiger partial charge in [-0.2, -0.15) is 0 Å². The van der Waals surface area contributed by atoms with E-state index in [1.807, 2.05) is 0 Å². The second-order valence-corrected chi connectivity index (χ2v) is 4.41. The van der Waals surface area contributed by atoms with Crippen LogP contribution in [-0.4, -0.2) is 29.6 Å². The zero-order valence-corrected chi connectivity index (χ0v) is 9.98. The third-order valence-corrected chi connectivity index (χ3v) is 2.95. The normalized spacial score (nSPS) is 18.6. The Kier molecular flexibility index (Phi) is 3.94. The van der Waals surface area contributed by atoms with Crippen molar-refractivity contribution >= 4 is 17.6 Å². The van der Waals surface area contributed by atoms with Gasteiger partial charge in [0.05, 0.1) is 12.5 Å². The van der Waals surface area contributed by atoms with Crippen LogP contribution in [0.5, 0.6) is 0 Å². The molecule has 0 spiro atoms. The first kappa shape index (κ1) is 12.6. The van der Waals surface area contributed by atoms with Crippen molar-refractivity contribution in [1.29, 1.82) is 0 Å². The summed E-state index contributed by atoms with van der Waals surface area (Å²) in [6, 6.07) is 6.78. The van der Waals surface area contributed by atoms with Crippen molar-refractivity contribution in [2.75, 3.05) is 11.9 Å². The first-order valence-corrected chi connectivity index (χ1v) is 6.00. The number of carboxylic acids is 1. The number of hydrogen-bond donors (Lipinski definition) is 3. The van der Waals surface area contributed by atoms with Crippen LogP contribution in [0, 0.1) is 0 Å². The highest BCUT2D eigenvalue weighted by Crippen LogP contribution is 2.12. The number of anilines is 1. The number of rotatable bonds is 4. The molecule has 1 saturated heterocycles. The maximum Gasteiger partial charge on any atom is 0.307 e. The van der Waals surface area contributed by atoms with Crippen molar-refractivity contribution in [3.05, 3.63) is 29.8 Å². The Labute approximate surface area is 105 Å². The highest BCUT2D eigenvalue weighted by molar-refractivity contribution is 5.95. The van der Waals surface area contributed by atoms with Crippen molar-refractivity contribution in [2.24, 2.45) is 0 Å². The van der Waals surface area contributed by atoms with Crippen LogP contribution in [0.25, 0.3) is 0 Å². The molecule has 0 bridgehead atoms. The minimum absolute atomic E-state index is 0.00158. The Hall–Kier alpha value is -1.88. The second-order valence-electron chi connectivity index (χ2n) is 4.41. The van der Waals surface area contributed by atoms with Crippen molar-refractivity contribution in [2.45, 2.75) is 25.3 Å². The minimum atomic E-state index is -0.859. The van der Waals surface area contributed by atoms with Gasteiger partial charge in [-0.25, -0.2) is 0 Å². The fraction of sp³-hybridized carbons (Fsp3) is 0.385. The Morgan fingerprint density at radius 3 is 2.61 bits per heavy atom. The predicted molar refractivity (Wildman–Crippen MR) is 67.4 cm³/mol. The molecule has 1 aliphatic heterocycles. The molecule has 18 heavy (non-hydrogen) atoms. The summed E-state index contributed by atoms with van der Waals surface area (Å²) in [5.74, 6) is -0.888. The molecule has 2 rings (SSSR count). The lowest BCUT2D eigenvalue weighted by atomic mass is 10.1. The number of hydrogen-bond acceptors (Lipinski definition) is 3. The first-order chi connectivity index (χ1) is 8.65. The zero-order valence-electron chi connectivity index (χ0n) is 9.98. The summed E-state index contributed by atoms with van der Waals surface area (Å²) >= 11 is 0. The van der Waals surface area contributed by atoms with Crippen LogP contribution in [0.4, 0.5) is 5.69 Å². The van der Waals surface area contributed by atoms with E-state index in [-0.39, 0.29) is 18.4 Å². The largest absolute Gasteiger partial charge is 0.481 e. The van der Waals surface area contributed by atoms with Crippen LogP contribution in [0.15, 0.2) is 24.3 Å². The quantitative estimate of drug-likeness (QED) is 0.743. The number of aliphatic carboxylic acids is 1. The zero-order chi connectivity index (χ0) is 13.0. The van der Waals surface area contributed by atoms with E-state index in [1.54, 1.807) is 24.3 Å². The van der Waals surface area contributed by atoms with E-state index in [2.05, 4.69) is 10.6 Å². The highest BCUT2D eigenvalue weighted by Gasteiger charge is 2.21. The molecule has 0 aromatic heterocycles. The van der Waals surface area contributed by atoms with E-state index in [0.717, 1.165) is 24.9 Å². The van der Waals surface area contributed by atoms with Crippen LogP contribution in [0.2, 0.25) is 0 Å². The summed E-state index contributed by atoms with van der Waals surface area (Å²) in [5.41, 5.74) is 1.42. The molecule has 0 saturated carbocycles. The lowest BCUT2D eigenvalue weighted by Crippen LogP contribution is -2.35. The standard InChI is InChI=1S/C13H16N2O3/c16-12(17)8-9-3-5-10(6-4-9)15-13(18)11-2-1-7-14-11/h3-6,11,14H,1-2,7-8H2,(H,15,18)(H,16,17)/t11-/m0/s1. The fourth-order valence-corrected chi connectivity index (χ4v) is 2.02. The Bertz CT molecular complexity index is 436. The molecule has 5 heteroatoms. The van der Waals surface area contributed by atoms with E-state index in [4.69, 9.17) is 5.11 Å². The van der Waals surface area contributed by atoms with Crippen molar-refractivity contribution < 1.29 is 14.7 Å². The number of carbonyl (C=O) groups is 2. The summed E-state index contributed by atoms with van der Waals surface area (Å²) < 4.78 is 0. The maximum atomic E-state index is 11.8. The van der Waals surface area contributed by atoms with Gasteiger partial charge in [0.2, 0.25) is 5.91 Å². The maximum absolute atomic E-state index is 11.8. The molecule has 1 aromatic carbocycles. The molecule has 1 aliphatic rings. The van der Waals surface area contributed by atoms with Crippen LogP contribution in [-0.2, 0) is 16.0 Å². The predicted octanol–water partition coefficient (Wildman–Crippen LogP) is 1.00. The molecular formula is C13H16N2O3. The molecular weight excluding hydrogens is 232 g/mol. The average molecular weight is 248 g/mol. The number of carboxylic acid groups (broad SMARTS) is 1. The van der Waals surface area contributed by atoms with Gasteiger partial charge in [0, 0.05) is 5.69 Å². The third-order valence-electron chi connectivity index (χ3n) is 2.95. The average Bonchev–Trinajstić information content (AvgIpc) is 2.84. The second kappa shape index (κ2) is 5.64. The van der Waals surface area contributed by atoms with E-state index in [1.165, 1.54) is 0 Å².